The second-order valence-electron chi connectivity index (χ2n) is 8.52. The van der Waals surface area contributed by atoms with E-state index in [9.17, 15) is 14.7 Å². The molecule has 2 heterocycles. The maximum atomic E-state index is 13.7. The fraction of sp³-hybridized carbons (Fsp3) is 0.333. The van der Waals surface area contributed by atoms with E-state index in [2.05, 4.69) is 0 Å². The first kappa shape index (κ1) is 25.1. The lowest BCUT2D eigenvalue weighted by molar-refractivity contribution is -0.130. The highest BCUT2D eigenvalue weighted by Gasteiger charge is 2.45. The van der Waals surface area contributed by atoms with Gasteiger partial charge in [0.05, 0.1) is 45.7 Å². The van der Waals surface area contributed by atoms with Crippen LogP contribution < -0.4 is 14.2 Å². The van der Waals surface area contributed by atoms with E-state index in [0.717, 1.165) is 5.39 Å². The average molecular weight is 496 g/mol. The molecule has 0 saturated carbocycles. The van der Waals surface area contributed by atoms with Gasteiger partial charge in [0.15, 0.2) is 23.0 Å². The predicted octanol–water partition coefficient (Wildman–Crippen LogP) is 4.46. The highest BCUT2D eigenvalue weighted by atomic mass is 16.5. The molecule has 1 unspecified atom stereocenters. The van der Waals surface area contributed by atoms with Gasteiger partial charge in [0.1, 0.15) is 5.58 Å². The lowest BCUT2D eigenvalue weighted by atomic mass is 9.94. The molecule has 1 N–H and O–H groups in total. The highest BCUT2D eigenvalue weighted by molar-refractivity contribution is 6.16. The summed E-state index contributed by atoms with van der Waals surface area (Å²) < 4.78 is 27.8. The summed E-state index contributed by atoms with van der Waals surface area (Å²) in [6.45, 7) is 4.12. The average Bonchev–Trinajstić information content (AvgIpc) is 3.42. The van der Waals surface area contributed by atoms with E-state index < -0.39 is 23.5 Å². The largest absolute Gasteiger partial charge is 0.503 e. The summed E-state index contributed by atoms with van der Waals surface area (Å²) in [5.74, 6) is -0.837. The van der Waals surface area contributed by atoms with Crippen molar-refractivity contribution in [2.75, 3.05) is 34.5 Å². The van der Waals surface area contributed by atoms with Crippen molar-refractivity contribution in [1.82, 2.24) is 4.90 Å². The summed E-state index contributed by atoms with van der Waals surface area (Å²) in [5.41, 5.74) is 0.917. The Morgan fingerprint density at radius 3 is 2.31 bits per heavy atom. The molecule has 3 aromatic rings. The summed E-state index contributed by atoms with van der Waals surface area (Å²) in [6, 6.07) is 11.1. The third-order valence-electron chi connectivity index (χ3n) is 5.98. The predicted molar refractivity (Wildman–Crippen MR) is 132 cm³/mol. The molecule has 1 amide bonds. The van der Waals surface area contributed by atoms with Crippen LogP contribution >= 0.6 is 0 Å². The number of carbonyl (C=O) groups is 2. The number of para-hydroxylation sites is 1. The number of rotatable bonds is 10. The molecule has 1 aliphatic heterocycles. The Kier molecular flexibility index (Phi) is 7.21. The second kappa shape index (κ2) is 10.3. The maximum Gasteiger partial charge on any atom is 0.290 e. The number of aliphatic hydroxyl groups is 1. The highest BCUT2D eigenvalue weighted by Crippen LogP contribution is 2.45. The van der Waals surface area contributed by atoms with Crippen LogP contribution in [0.5, 0.6) is 17.2 Å². The molecule has 9 heteroatoms. The first-order valence-corrected chi connectivity index (χ1v) is 11.5. The van der Waals surface area contributed by atoms with Crippen molar-refractivity contribution < 1.29 is 38.1 Å². The molecule has 0 radical (unpaired) electrons. The van der Waals surface area contributed by atoms with E-state index in [1.54, 1.807) is 30.3 Å². The number of furan rings is 1. The van der Waals surface area contributed by atoms with Crippen LogP contribution in [0.3, 0.4) is 0 Å². The van der Waals surface area contributed by atoms with E-state index in [-0.39, 0.29) is 30.6 Å². The second-order valence-corrected chi connectivity index (χ2v) is 8.52. The molecule has 1 aliphatic rings. The van der Waals surface area contributed by atoms with Crippen molar-refractivity contribution in [3.63, 3.8) is 0 Å². The van der Waals surface area contributed by atoms with Gasteiger partial charge < -0.3 is 33.4 Å². The Hall–Kier alpha value is -3.98. The molecule has 1 aromatic heterocycles. The number of ether oxygens (including phenoxy) is 4. The number of amides is 1. The van der Waals surface area contributed by atoms with Crippen LogP contribution in [-0.2, 0) is 9.53 Å². The van der Waals surface area contributed by atoms with Crippen molar-refractivity contribution in [3.8, 4) is 17.2 Å². The fourth-order valence-electron chi connectivity index (χ4n) is 4.34. The topological polar surface area (TPSA) is 108 Å². The number of ketones is 1. The van der Waals surface area contributed by atoms with Gasteiger partial charge in [-0.15, -0.1) is 0 Å². The zero-order chi connectivity index (χ0) is 26.0. The summed E-state index contributed by atoms with van der Waals surface area (Å²) in [7, 11) is 4.43. The summed E-state index contributed by atoms with van der Waals surface area (Å²) in [4.78, 5) is 28.3. The SMILES string of the molecule is COc1cc(C2C(C(=O)c3cc4ccccc4o3)=C(O)C(=O)N2CCOC(C)C)cc(OC)c1OC. The van der Waals surface area contributed by atoms with Crippen molar-refractivity contribution in [1.29, 1.82) is 0 Å². The molecule has 0 spiro atoms. The van der Waals surface area contributed by atoms with Gasteiger partial charge in [-0.05, 0) is 43.7 Å². The first-order valence-electron chi connectivity index (χ1n) is 11.5. The Bertz CT molecular complexity index is 1260. The number of nitrogens with zero attached hydrogens (tertiary/aromatic N) is 1. The number of benzene rings is 2. The lowest BCUT2D eigenvalue weighted by Crippen LogP contribution is -2.34. The van der Waals surface area contributed by atoms with Gasteiger partial charge in [-0.25, -0.2) is 0 Å². The van der Waals surface area contributed by atoms with Gasteiger partial charge in [-0.3, -0.25) is 9.59 Å². The van der Waals surface area contributed by atoms with Crippen LogP contribution in [0, 0.1) is 0 Å². The van der Waals surface area contributed by atoms with Crippen LogP contribution in [-0.4, -0.2) is 62.3 Å². The fourth-order valence-corrected chi connectivity index (χ4v) is 4.34. The summed E-state index contributed by atoms with van der Waals surface area (Å²) in [6.07, 6.45) is -0.0551. The number of carbonyl (C=O) groups excluding carboxylic acids is 2. The minimum absolute atomic E-state index is 0.0169. The number of fused-ring (bicyclic) bond motifs is 1. The van der Waals surface area contributed by atoms with E-state index in [1.165, 1.54) is 26.2 Å². The monoisotopic (exact) mass is 495 g/mol. The Labute approximate surface area is 208 Å². The van der Waals surface area contributed by atoms with Crippen LogP contribution in [0.4, 0.5) is 0 Å². The molecule has 36 heavy (non-hydrogen) atoms. The minimum Gasteiger partial charge on any atom is -0.503 e. The third-order valence-corrected chi connectivity index (χ3v) is 5.98. The number of Topliss-reactive ketones (excluding diaryl/α,β-unsaturated/α-hetero) is 1. The third kappa shape index (κ3) is 4.49. The quantitative estimate of drug-likeness (QED) is 0.411. The molecule has 1 atom stereocenters. The number of aliphatic hydroxyl groups excluding tert-OH is 1. The zero-order valence-corrected chi connectivity index (χ0v) is 20.9. The van der Waals surface area contributed by atoms with Crippen LogP contribution in [0.25, 0.3) is 11.0 Å². The van der Waals surface area contributed by atoms with Gasteiger partial charge >= 0.3 is 0 Å². The van der Waals surface area contributed by atoms with Crippen molar-refractivity contribution in [2.24, 2.45) is 0 Å². The molecule has 0 bridgehead atoms. The Morgan fingerprint density at radius 2 is 1.72 bits per heavy atom. The smallest absolute Gasteiger partial charge is 0.290 e. The molecular formula is C27H29NO8. The molecule has 0 aliphatic carbocycles. The normalized spacial score (nSPS) is 15.8. The maximum absolute atomic E-state index is 13.7. The first-order chi connectivity index (χ1) is 17.3. The Morgan fingerprint density at radius 1 is 1.06 bits per heavy atom. The van der Waals surface area contributed by atoms with Crippen LogP contribution in [0.1, 0.15) is 36.0 Å². The standard InChI is InChI=1S/C27H29NO8/c1-15(2)35-11-10-28-23(17-13-20(32-3)26(34-5)21(14-17)33-4)22(25(30)27(28)31)24(29)19-12-16-8-6-7-9-18(16)36-19/h6-9,12-15,23,30H,10-11H2,1-5H3. The van der Waals surface area contributed by atoms with E-state index >= 15 is 0 Å². The molecular weight excluding hydrogens is 466 g/mol. The van der Waals surface area contributed by atoms with Crippen LogP contribution in [0.2, 0.25) is 0 Å². The number of methoxy groups -OCH3 is 3. The van der Waals surface area contributed by atoms with E-state index in [0.29, 0.717) is 28.4 Å². The molecule has 2 aromatic carbocycles. The van der Waals surface area contributed by atoms with E-state index in [4.69, 9.17) is 23.4 Å². The van der Waals surface area contributed by atoms with Crippen LogP contribution in [0.15, 0.2) is 58.2 Å². The van der Waals surface area contributed by atoms with Crippen molar-refractivity contribution in [2.45, 2.75) is 26.0 Å². The molecule has 4 rings (SSSR count). The molecule has 0 fully saturated rings. The molecule has 190 valence electrons. The molecule has 0 saturated heterocycles. The van der Waals surface area contributed by atoms with Gasteiger partial charge in [0.2, 0.25) is 11.5 Å². The van der Waals surface area contributed by atoms with Gasteiger partial charge in [0.25, 0.3) is 5.91 Å². The lowest BCUT2D eigenvalue weighted by Gasteiger charge is -2.28. The summed E-state index contributed by atoms with van der Waals surface area (Å²) >= 11 is 0. The van der Waals surface area contributed by atoms with Gasteiger partial charge in [0, 0.05) is 11.9 Å². The van der Waals surface area contributed by atoms with Crippen molar-refractivity contribution >= 4 is 22.7 Å². The number of hydrogen-bond donors (Lipinski definition) is 1. The number of hydrogen-bond acceptors (Lipinski definition) is 8. The Balaban J connectivity index is 1.84. The minimum atomic E-state index is -0.942. The zero-order valence-electron chi connectivity index (χ0n) is 20.9. The van der Waals surface area contributed by atoms with E-state index in [1.807, 2.05) is 26.0 Å². The van der Waals surface area contributed by atoms with Gasteiger partial charge in [-0.2, -0.15) is 0 Å². The summed E-state index contributed by atoms with van der Waals surface area (Å²) in [5, 5.41) is 11.7. The van der Waals surface area contributed by atoms with Gasteiger partial charge in [-0.1, -0.05) is 18.2 Å². The van der Waals surface area contributed by atoms with Crippen molar-refractivity contribution in [3.05, 3.63) is 65.1 Å². The molecule has 9 nitrogen and oxygen atoms in total.